The molecule has 1 aromatic heterocycles. The van der Waals surface area contributed by atoms with E-state index in [-0.39, 0.29) is 5.69 Å². The molecule has 1 aliphatic rings. The maximum Gasteiger partial charge on any atom is 0.354 e. The lowest BCUT2D eigenvalue weighted by Crippen LogP contribution is -2.01. The van der Waals surface area contributed by atoms with Crippen molar-refractivity contribution in [3.05, 3.63) is 46.9 Å². The Morgan fingerprint density at radius 1 is 1.33 bits per heavy atom. The van der Waals surface area contributed by atoms with E-state index >= 15 is 0 Å². The number of carbonyl (C=O) groups is 1. The lowest BCUT2D eigenvalue weighted by atomic mass is 10.1. The number of hydrogen-bond acceptors (Lipinski definition) is 4. The lowest BCUT2D eigenvalue weighted by Gasteiger charge is -2.08. The summed E-state index contributed by atoms with van der Waals surface area (Å²) in [6, 6.07) is 6.92. The molecule has 0 saturated heterocycles. The molecule has 0 atom stereocenters. The number of ether oxygens (including phenoxy) is 1. The number of benzene rings is 1. The first-order chi connectivity index (χ1) is 10.1. The van der Waals surface area contributed by atoms with Crippen molar-refractivity contribution < 1.29 is 14.6 Å². The maximum atomic E-state index is 10.9. The van der Waals surface area contributed by atoms with Crippen molar-refractivity contribution in [1.82, 2.24) is 9.97 Å². The highest BCUT2D eigenvalue weighted by Gasteiger charge is 2.22. The van der Waals surface area contributed by atoms with Crippen molar-refractivity contribution in [2.45, 2.75) is 25.6 Å². The van der Waals surface area contributed by atoms with E-state index < -0.39 is 5.97 Å². The molecule has 0 spiro atoms. The number of halogens is 1. The lowest BCUT2D eigenvalue weighted by molar-refractivity contribution is 0.0690. The van der Waals surface area contributed by atoms with Crippen LogP contribution in [-0.2, 0) is 11.3 Å². The van der Waals surface area contributed by atoms with E-state index in [9.17, 15) is 4.79 Å². The molecule has 5 nitrogen and oxygen atoms in total. The molecule has 6 heteroatoms. The number of carboxylic acids is 1. The fourth-order valence-corrected chi connectivity index (χ4v) is 2.13. The Bertz CT molecular complexity index is 686. The van der Waals surface area contributed by atoms with E-state index in [2.05, 4.69) is 9.97 Å². The number of hydrogen-bond donors (Lipinski definition) is 1. The first-order valence-corrected chi connectivity index (χ1v) is 6.97. The molecule has 1 aromatic carbocycles. The third kappa shape index (κ3) is 3.37. The van der Waals surface area contributed by atoms with Gasteiger partial charge in [0.05, 0.1) is 18.4 Å². The Hall–Kier alpha value is -1.98. The average molecular weight is 305 g/mol. The molecule has 1 heterocycles. The van der Waals surface area contributed by atoms with E-state index in [1.54, 1.807) is 6.07 Å². The van der Waals surface area contributed by atoms with E-state index in [1.807, 2.05) is 12.1 Å². The molecule has 1 saturated carbocycles. The number of rotatable bonds is 5. The average Bonchev–Trinajstić information content (AvgIpc) is 3.30. The molecule has 21 heavy (non-hydrogen) atoms. The molecule has 0 radical (unpaired) electrons. The van der Waals surface area contributed by atoms with Crippen molar-refractivity contribution in [1.29, 1.82) is 0 Å². The van der Waals surface area contributed by atoms with E-state index in [0.29, 0.717) is 23.4 Å². The fourth-order valence-electron chi connectivity index (χ4n) is 1.90. The van der Waals surface area contributed by atoms with Crippen molar-refractivity contribution in [2.75, 3.05) is 0 Å². The van der Waals surface area contributed by atoms with Crippen LogP contribution in [0.25, 0.3) is 11.3 Å². The van der Waals surface area contributed by atoms with Gasteiger partial charge in [0, 0.05) is 10.6 Å². The number of carboxylic acid groups (broad SMARTS) is 1. The molecule has 108 valence electrons. The highest BCUT2D eigenvalue weighted by Crippen LogP contribution is 2.28. The number of nitrogens with zero attached hydrogens (tertiary/aromatic N) is 2. The minimum absolute atomic E-state index is 0.0442. The van der Waals surface area contributed by atoms with Gasteiger partial charge < -0.3 is 9.84 Å². The smallest absolute Gasteiger partial charge is 0.354 e. The van der Waals surface area contributed by atoms with Crippen LogP contribution in [0.15, 0.2) is 30.6 Å². The normalized spacial score (nSPS) is 14.1. The molecule has 3 rings (SSSR count). The van der Waals surface area contributed by atoms with Crippen LogP contribution in [0.3, 0.4) is 0 Å². The van der Waals surface area contributed by atoms with Crippen LogP contribution < -0.4 is 0 Å². The van der Waals surface area contributed by atoms with Gasteiger partial charge in [-0.05, 0) is 30.5 Å². The Morgan fingerprint density at radius 2 is 2.14 bits per heavy atom. The topological polar surface area (TPSA) is 72.3 Å². The van der Waals surface area contributed by atoms with E-state index in [1.165, 1.54) is 12.4 Å². The molecular weight excluding hydrogens is 292 g/mol. The Labute approximate surface area is 126 Å². The van der Waals surface area contributed by atoms with Gasteiger partial charge in [-0.1, -0.05) is 23.7 Å². The van der Waals surface area contributed by atoms with Crippen molar-refractivity contribution in [2.24, 2.45) is 0 Å². The van der Waals surface area contributed by atoms with Gasteiger partial charge in [-0.25, -0.2) is 14.8 Å². The van der Waals surface area contributed by atoms with Crippen LogP contribution in [0.1, 0.15) is 28.9 Å². The van der Waals surface area contributed by atoms with Crippen LogP contribution in [-0.4, -0.2) is 27.1 Å². The van der Waals surface area contributed by atoms with Crippen LogP contribution in [0.2, 0.25) is 5.02 Å². The highest BCUT2D eigenvalue weighted by atomic mass is 35.5. The summed E-state index contributed by atoms with van der Waals surface area (Å²) >= 11 is 6.25. The minimum atomic E-state index is -1.08. The van der Waals surface area contributed by atoms with Crippen molar-refractivity contribution in [3.8, 4) is 11.3 Å². The third-order valence-corrected chi connectivity index (χ3v) is 3.59. The first kappa shape index (κ1) is 14.0. The number of aromatic carboxylic acids is 1. The summed E-state index contributed by atoms with van der Waals surface area (Å²) in [4.78, 5) is 18.7. The molecule has 1 fully saturated rings. The fraction of sp³-hybridized carbons (Fsp3) is 0.267. The SMILES string of the molecule is O=C(O)c1cc(-c2ccc(COC3CC3)c(Cl)c2)ncn1. The van der Waals surface area contributed by atoms with Crippen LogP contribution in [0.5, 0.6) is 0 Å². The van der Waals surface area contributed by atoms with Gasteiger partial charge in [0.15, 0.2) is 5.69 Å². The van der Waals surface area contributed by atoms with Crippen LogP contribution >= 0.6 is 11.6 Å². The minimum Gasteiger partial charge on any atom is -0.477 e. The van der Waals surface area contributed by atoms with Gasteiger partial charge in [0.1, 0.15) is 6.33 Å². The summed E-state index contributed by atoms with van der Waals surface area (Å²) in [5.41, 5.74) is 2.15. The summed E-state index contributed by atoms with van der Waals surface area (Å²) in [5, 5.41) is 9.54. The third-order valence-electron chi connectivity index (χ3n) is 3.23. The highest BCUT2D eigenvalue weighted by molar-refractivity contribution is 6.31. The van der Waals surface area contributed by atoms with E-state index in [4.69, 9.17) is 21.4 Å². The zero-order valence-electron chi connectivity index (χ0n) is 11.1. The second-order valence-corrected chi connectivity index (χ2v) is 5.32. The van der Waals surface area contributed by atoms with Gasteiger partial charge >= 0.3 is 5.97 Å². The van der Waals surface area contributed by atoms with Gasteiger partial charge in [-0.3, -0.25) is 0 Å². The number of aromatic nitrogens is 2. The summed E-state index contributed by atoms with van der Waals surface area (Å²) in [7, 11) is 0. The molecule has 1 N–H and O–H groups in total. The summed E-state index contributed by atoms with van der Waals surface area (Å²) in [6.07, 6.45) is 3.85. The zero-order chi connectivity index (χ0) is 14.8. The second-order valence-electron chi connectivity index (χ2n) is 4.91. The van der Waals surface area contributed by atoms with Crippen molar-refractivity contribution >= 4 is 17.6 Å². The Balaban J connectivity index is 1.83. The molecule has 1 aliphatic carbocycles. The molecule has 0 aliphatic heterocycles. The monoisotopic (exact) mass is 304 g/mol. The quantitative estimate of drug-likeness (QED) is 0.918. The molecule has 2 aromatic rings. The van der Waals surface area contributed by atoms with Crippen LogP contribution in [0, 0.1) is 0 Å². The molecule has 0 unspecified atom stereocenters. The Kier molecular flexibility index (Phi) is 3.86. The van der Waals surface area contributed by atoms with Gasteiger partial charge in [-0.2, -0.15) is 0 Å². The predicted octanol–water partition coefficient (Wildman–Crippen LogP) is 3.17. The zero-order valence-corrected chi connectivity index (χ0v) is 11.9. The largest absolute Gasteiger partial charge is 0.477 e. The summed E-state index contributed by atoms with van der Waals surface area (Å²) in [6.45, 7) is 0.494. The second kappa shape index (κ2) is 5.79. The first-order valence-electron chi connectivity index (χ1n) is 6.59. The van der Waals surface area contributed by atoms with Gasteiger partial charge in [-0.15, -0.1) is 0 Å². The summed E-state index contributed by atoms with van der Waals surface area (Å²) in [5.74, 6) is -1.08. The Morgan fingerprint density at radius 3 is 2.81 bits per heavy atom. The van der Waals surface area contributed by atoms with Crippen LogP contribution in [0.4, 0.5) is 0 Å². The predicted molar refractivity (Wildman–Crippen MR) is 77.2 cm³/mol. The van der Waals surface area contributed by atoms with E-state index in [0.717, 1.165) is 24.0 Å². The summed E-state index contributed by atoms with van der Waals surface area (Å²) < 4.78 is 5.63. The van der Waals surface area contributed by atoms with Crippen molar-refractivity contribution in [3.63, 3.8) is 0 Å². The molecule has 0 amide bonds. The van der Waals surface area contributed by atoms with Gasteiger partial charge in [0.2, 0.25) is 0 Å². The standard InChI is InChI=1S/C15H13ClN2O3/c16-12-5-9(1-2-10(12)7-21-11-3-4-11)13-6-14(15(19)20)18-8-17-13/h1-2,5-6,8,11H,3-4,7H2,(H,19,20). The molecular formula is C15H13ClN2O3. The van der Waals surface area contributed by atoms with Gasteiger partial charge in [0.25, 0.3) is 0 Å². The molecule has 0 bridgehead atoms. The maximum absolute atomic E-state index is 10.9.